The van der Waals surface area contributed by atoms with E-state index in [0.29, 0.717) is 12.8 Å². The van der Waals surface area contributed by atoms with Crippen molar-refractivity contribution in [1.29, 1.82) is 0 Å². The van der Waals surface area contributed by atoms with E-state index < -0.39 is 17.2 Å². The number of nitrogens with two attached hydrogens (primary N) is 2. The van der Waals surface area contributed by atoms with E-state index in [4.69, 9.17) is 11.5 Å². The number of nitrogens with one attached hydrogen (secondary N) is 1. The molecule has 1 fully saturated rings. The van der Waals surface area contributed by atoms with E-state index in [2.05, 4.69) is 10.2 Å². The summed E-state index contributed by atoms with van der Waals surface area (Å²) in [5.41, 5.74) is 14.2. The van der Waals surface area contributed by atoms with Gasteiger partial charge in [0.15, 0.2) is 0 Å². The quantitative estimate of drug-likeness (QED) is 0.671. The fraction of sp³-hybridized carbons (Fsp3) is 0.400. The Bertz CT molecular complexity index is 981. The zero-order chi connectivity index (χ0) is 19.2. The largest absolute Gasteiger partial charge is 0.369 e. The van der Waals surface area contributed by atoms with Crippen LogP contribution in [0, 0.1) is 5.41 Å². The standard InChI is InChI=1S/C20H22N4O3/c21-18(26)20(19(22)27)10-15(20)12-5-3-4-11(8-12)9-16-13-6-1-2-7-14(13)17(25)24-23-16/h3-5,8,15H,1-2,6-7,9-10H2,(H2,21,26)(H2,22,27)(H,24,25). The fourth-order valence-electron chi connectivity index (χ4n) is 4.32. The predicted octanol–water partition coefficient (Wildman–Crippen LogP) is 0.684. The first kappa shape index (κ1) is 17.5. The summed E-state index contributed by atoms with van der Waals surface area (Å²) in [6, 6.07) is 7.73. The number of hydrogen-bond acceptors (Lipinski definition) is 4. The van der Waals surface area contributed by atoms with Gasteiger partial charge in [0, 0.05) is 17.9 Å². The maximum atomic E-state index is 12.0. The number of rotatable bonds is 5. The van der Waals surface area contributed by atoms with E-state index in [1.54, 1.807) is 0 Å². The number of benzene rings is 1. The van der Waals surface area contributed by atoms with Crippen LogP contribution in [-0.4, -0.2) is 22.0 Å². The van der Waals surface area contributed by atoms with Crippen molar-refractivity contribution in [2.75, 3.05) is 0 Å². The van der Waals surface area contributed by atoms with Gasteiger partial charge in [-0.1, -0.05) is 24.3 Å². The molecule has 0 aliphatic heterocycles. The Morgan fingerprint density at radius 3 is 2.52 bits per heavy atom. The van der Waals surface area contributed by atoms with Gasteiger partial charge in [-0.25, -0.2) is 5.10 Å². The van der Waals surface area contributed by atoms with Crippen LogP contribution in [-0.2, 0) is 28.9 Å². The molecule has 2 amide bonds. The molecule has 0 radical (unpaired) electrons. The molecule has 0 spiro atoms. The molecule has 2 aliphatic rings. The highest BCUT2D eigenvalue weighted by atomic mass is 16.2. The van der Waals surface area contributed by atoms with Crippen molar-refractivity contribution in [3.8, 4) is 0 Å². The summed E-state index contributed by atoms with van der Waals surface area (Å²) in [5, 5.41) is 6.89. The number of fused-ring (bicyclic) bond motifs is 1. The van der Waals surface area contributed by atoms with Crippen LogP contribution in [0.2, 0.25) is 0 Å². The summed E-state index contributed by atoms with van der Waals surface area (Å²) in [6.45, 7) is 0. The number of primary amides is 2. The molecule has 7 nitrogen and oxygen atoms in total. The van der Waals surface area contributed by atoms with Gasteiger partial charge in [0.25, 0.3) is 5.56 Å². The van der Waals surface area contributed by atoms with Gasteiger partial charge in [-0.2, -0.15) is 5.10 Å². The Hall–Kier alpha value is -2.96. The number of nitrogens with zero attached hydrogens (tertiary/aromatic N) is 1. The van der Waals surface area contributed by atoms with E-state index in [1.165, 1.54) is 0 Å². The highest BCUT2D eigenvalue weighted by Crippen LogP contribution is 2.59. The highest BCUT2D eigenvalue weighted by molar-refractivity contribution is 6.08. The van der Waals surface area contributed by atoms with E-state index in [-0.39, 0.29) is 11.5 Å². The lowest BCUT2D eigenvalue weighted by molar-refractivity contribution is -0.133. The second-order valence-corrected chi connectivity index (χ2v) is 7.54. The SMILES string of the molecule is NC(=O)C1(C(N)=O)CC1c1cccc(Cc2n[nH]c(=O)c3c2CCCC3)c1. The van der Waals surface area contributed by atoms with Crippen LogP contribution in [0.4, 0.5) is 0 Å². The predicted molar refractivity (Wildman–Crippen MR) is 98.9 cm³/mol. The first-order valence-electron chi connectivity index (χ1n) is 9.21. The van der Waals surface area contributed by atoms with Gasteiger partial charge < -0.3 is 11.5 Å². The molecular weight excluding hydrogens is 344 g/mol. The molecule has 0 bridgehead atoms. The topological polar surface area (TPSA) is 132 Å². The first-order valence-corrected chi connectivity index (χ1v) is 9.21. The first-order chi connectivity index (χ1) is 12.9. The number of aromatic amines is 1. The van der Waals surface area contributed by atoms with Crippen LogP contribution in [0.5, 0.6) is 0 Å². The van der Waals surface area contributed by atoms with Crippen molar-refractivity contribution < 1.29 is 9.59 Å². The molecule has 27 heavy (non-hydrogen) atoms. The summed E-state index contributed by atoms with van der Waals surface area (Å²) < 4.78 is 0. The van der Waals surface area contributed by atoms with Crippen molar-refractivity contribution in [3.63, 3.8) is 0 Å². The van der Waals surface area contributed by atoms with Crippen molar-refractivity contribution >= 4 is 11.8 Å². The minimum atomic E-state index is -1.27. The molecule has 1 unspecified atom stereocenters. The second kappa shape index (κ2) is 6.33. The molecule has 0 saturated heterocycles. The molecule has 2 aromatic rings. The maximum Gasteiger partial charge on any atom is 0.267 e. The Morgan fingerprint density at radius 1 is 1.15 bits per heavy atom. The number of amides is 2. The average Bonchev–Trinajstić information content (AvgIpc) is 3.42. The van der Waals surface area contributed by atoms with Crippen LogP contribution >= 0.6 is 0 Å². The summed E-state index contributed by atoms with van der Waals surface area (Å²) in [4.78, 5) is 35.5. The van der Waals surface area contributed by atoms with Crippen LogP contribution in [0.15, 0.2) is 29.1 Å². The summed E-state index contributed by atoms with van der Waals surface area (Å²) in [7, 11) is 0. The Morgan fingerprint density at radius 2 is 1.85 bits per heavy atom. The van der Waals surface area contributed by atoms with Crippen molar-refractivity contribution in [1.82, 2.24) is 10.2 Å². The Kier molecular flexibility index (Phi) is 4.09. The number of aromatic nitrogens is 2. The van der Waals surface area contributed by atoms with Gasteiger partial charge in [-0.05, 0) is 48.8 Å². The highest BCUT2D eigenvalue weighted by Gasteiger charge is 2.64. The third-order valence-electron chi connectivity index (χ3n) is 5.95. The minimum Gasteiger partial charge on any atom is -0.369 e. The molecule has 140 valence electrons. The van der Waals surface area contributed by atoms with Crippen LogP contribution in [0.25, 0.3) is 0 Å². The number of carbonyl (C=O) groups excluding carboxylic acids is 2. The molecule has 1 heterocycles. The number of H-pyrrole nitrogens is 1. The lowest BCUT2D eigenvalue weighted by Crippen LogP contribution is -2.38. The lowest BCUT2D eigenvalue weighted by Gasteiger charge is -2.17. The molecule has 5 N–H and O–H groups in total. The minimum absolute atomic E-state index is 0.0899. The third-order valence-corrected chi connectivity index (χ3v) is 5.95. The van der Waals surface area contributed by atoms with E-state index in [0.717, 1.165) is 53.6 Å². The van der Waals surface area contributed by atoms with E-state index >= 15 is 0 Å². The third kappa shape index (κ3) is 2.83. The van der Waals surface area contributed by atoms with Crippen LogP contribution in [0.1, 0.15) is 53.1 Å². The van der Waals surface area contributed by atoms with Gasteiger partial charge in [-0.3, -0.25) is 14.4 Å². The van der Waals surface area contributed by atoms with Gasteiger partial charge in [0.2, 0.25) is 11.8 Å². The summed E-state index contributed by atoms with van der Waals surface area (Å²) in [5.74, 6) is -1.60. The van der Waals surface area contributed by atoms with Crippen molar-refractivity contribution in [3.05, 3.63) is 62.6 Å². The van der Waals surface area contributed by atoms with Gasteiger partial charge in [-0.15, -0.1) is 0 Å². The molecule has 1 aromatic heterocycles. The van der Waals surface area contributed by atoms with Gasteiger partial charge in [0.1, 0.15) is 5.41 Å². The maximum absolute atomic E-state index is 12.0. The molecule has 7 heteroatoms. The van der Waals surface area contributed by atoms with Gasteiger partial charge in [0.05, 0.1) is 5.69 Å². The molecule has 2 aliphatic carbocycles. The van der Waals surface area contributed by atoms with Crippen LogP contribution < -0.4 is 17.0 Å². The number of hydrogen-bond donors (Lipinski definition) is 3. The summed E-state index contributed by atoms with van der Waals surface area (Å²) >= 11 is 0. The number of carbonyl (C=O) groups is 2. The Balaban J connectivity index is 1.63. The fourth-order valence-corrected chi connectivity index (χ4v) is 4.32. The smallest absolute Gasteiger partial charge is 0.267 e. The zero-order valence-electron chi connectivity index (χ0n) is 15.0. The van der Waals surface area contributed by atoms with Crippen LogP contribution in [0.3, 0.4) is 0 Å². The van der Waals surface area contributed by atoms with E-state index in [9.17, 15) is 14.4 Å². The average molecular weight is 366 g/mol. The lowest BCUT2D eigenvalue weighted by atomic mass is 9.89. The van der Waals surface area contributed by atoms with Crippen molar-refractivity contribution in [2.24, 2.45) is 16.9 Å². The normalized spacial score (nSPS) is 19.9. The molecule has 1 aromatic carbocycles. The Labute approximate surface area is 156 Å². The molecular formula is C20H22N4O3. The summed E-state index contributed by atoms with van der Waals surface area (Å²) in [6.07, 6.45) is 4.69. The monoisotopic (exact) mass is 366 g/mol. The zero-order valence-corrected chi connectivity index (χ0v) is 15.0. The van der Waals surface area contributed by atoms with Crippen molar-refractivity contribution in [2.45, 2.75) is 44.4 Å². The van der Waals surface area contributed by atoms with Gasteiger partial charge >= 0.3 is 0 Å². The molecule has 1 saturated carbocycles. The molecule has 4 rings (SSSR count). The molecule has 1 atom stereocenters. The van der Waals surface area contributed by atoms with E-state index in [1.807, 2.05) is 24.3 Å². The second-order valence-electron chi connectivity index (χ2n) is 7.54.